The number of ketones is 2. The molecule has 2 aliphatic heterocycles. The van der Waals surface area contributed by atoms with Gasteiger partial charge in [0, 0.05) is 43.0 Å². The van der Waals surface area contributed by atoms with E-state index in [1.165, 1.54) is 23.3 Å². The molecule has 2 fully saturated rings. The number of hydrogen-bond acceptors (Lipinski definition) is 11. The van der Waals surface area contributed by atoms with Gasteiger partial charge in [0.15, 0.2) is 11.4 Å². The monoisotopic (exact) mass is 673 g/mol. The van der Waals surface area contributed by atoms with Gasteiger partial charge in [0.2, 0.25) is 0 Å². The summed E-state index contributed by atoms with van der Waals surface area (Å²) < 4.78 is 35.3. The van der Waals surface area contributed by atoms with Crippen molar-refractivity contribution in [1.29, 1.82) is 0 Å². The van der Waals surface area contributed by atoms with E-state index in [1.807, 2.05) is 11.5 Å². The maximum absolute atomic E-state index is 16.1. The molecular formula is C32H45BFN5O7S. The van der Waals surface area contributed by atoms with Crippen LogP contribution in [0.15, 0.2) is 29.9 Å². The van der Waals surface area contributed by atoms with E-state index < -0.39 is 70.4 Å². The van der Waals surface area contributed by atoms with E-state index in [-0.39, 0.29) is 25.2 Å². The number of rotatable bonds is 7. The first-order valence-corrected chi connectivity index (χ1v) is 16.9. The van der Waals surface area contributed by atoms with Crippen LogP contribution in [0.1, 0.15) is 61.3 Å². The van der Waals surface area contributed by atoms with Crippen LogP contribution >= 0.6 is 11.3 Å². The summed E-state index contributed by atoms with van der Waals surface area (Å²) in [5.41, 5.74) is -4.86. The lowest BCUT2D eigenvalue weighted by Crippen LogP contribution is -2.59. The van der Waals surface area contributed by atoms with Gasteiger partial charge in [0.1, 0.15) is 30.4 Å². The molecule has 15 heteroatoms. The Morgan fingerprint density at radius 2 is 1.81 bits per heavy atom. The van der Waals surface area contributed by atoms with Crippen LogP contribution in [0, 0.1) is 17.8 Å². The van der Waals surface area contributed by atoms with Crippen LogP contribution in [0.25, 0.3) is 10.7 Å². The zero-order chi connectivity index (χ0) is 34.9. The van der Waals surface area contributed by atoms with Crippen LogP contribution in [-0.4, -0.2) is 99.0 Å². The van der Waals surface area contributed by atoms with Gasteiger partial charge in [-0.05, 0) is 39.4 Å². The minimum Gasteiger partial charge on any atom is -0.455 e. The molecule has 4 heterocycles. The van der Waals surface area contributed by atoms with Crippen LogP contribution in [0.3, 0.4) is 0 Å². The Hall–Kier alpha value is -3.46. The molecule has 2 aliphatic rings. The molecule has 1 amide bonds. The van der Waals surface area contributed by atoms with Gasteiger partial charge < -0.3 is 14.2 Å². The van der Waals surface area contributed by atoms with Gasteiger partial charge in [-0.3, -0.25) is 14.5 Å². The fourth-order valence-corrected chi connectivity index (χ4v) is 7.63. The van der Waals surface area contributed by atoms with Crippen LogP contribution in [0.5, 0.6) is 0 Å². The fraction of sp³-hybridized carbons (Fsp3) is 0.656. The average Bonchev–Trinajstić information content (AvgIpc) is 3.79. The predicted molar refractivity (Wildman–Crippen MR) is 175 cm³/mol. The highest BCUT2D eigenvalue weighted by molar-refractivity contribution is 7.13. The normalized spacial score (nSPS) is 35.9. The highest BCUT2D eigenvalue weighted by Crippen LogP contribution is 2.44. The molecule has 0 N–H and O–H groups in total. The number of allylic oxidation sites excluding steroid dienone is 1. The zero-order valence-corrected chi connectivity index (χ0v) is 29.4. The van der Waals surface area contributed by atoms with Crippen LogP contribution in [-0.2, 0) is 35.1 Å². The summed E-state index contributed by atoms with van der Waals surface area (Å²) in [6.45, 7) is 11.5. The molecule has 2 saturated heterocycles. The molecule has 0 aliphatic carbocycles. The van der Waals surface area contributed by atoms with Crippen molar-refractivity contribution < 1.29 is 37.8 Å². The third kappa shape index (κ3) is 6.92. The van der Waals surface area contributed by atoms with Crippen LogP contribution < -0.4 is 0 Å². The first-order chi connectivity index (χ1) is 22.0. The van der Waals surface area contributed by atoms with Gasteiger partial charge in [-0.2, -0.15) is 0 Å². The number of ether oxygens (including phenoxy) is 3. The summed E-state index contributed by atoms with van der Waals surface area (Å²) in [4.78, 5) is 60.2. The lowest BCUT2D eigenvalue weighted by molar-refractivity contribution is -0.180. The van der Waals surface area contributed by atoms with E-state index >= 15 is 4.39 Å². The Morgan fingerprint density at radius 1 is 1.13 bits per heavy atom. The number of fused-ring (bicyclic) bond motifs is 1. The number of amides is 1. The largest absolute Gasteiger partial charge is 0.455 e. The summed E-state index contributed by atoms with van der Waals surface area (Å²) >= 11 is 1.45. The molecule has 9 atom stereocenters. The van der Waals surface area contributed by atoms with E-state index in [9.17, 15) is 19.2 Å². The minimum atomic E-state index is -2.97. The number of methoxy groups -OCH3 is 1. The topological polar surface area (TPSA) is 143 Å². The summed E-state index contributed by atoms with van der Waals surface area (Å²) in [6.07, 6.45) is 5.55. The molecule has 2 aromatic rings. The molecule has 0 saturated carbocycles. The first-order valence-electron chi connectivity index (χ1n) is 16.0. The van der Waals surface area contributed by atoms with E-state index in [2.05, 4.69) is 15.3 Å². The van der Waals surface area contributed by atoms with Gasteiger partial charge in [-0.15, -0.1) is 16.4 Å². The number of esters is 1. The van der Waals surface area contributed by atoms with Crippen LogP contribution in [0.4, 0.5) is 9.18 Å². The summed E-state index contributed by atoms with van der Waals surface area (Å²) in [5, 5.41) is 10.9. The number of cyclic esters (lactones) is 1. The number of alkyl halides is 1. The van der Waals surface area contributed by atoms with Crippen molar-refractivity contribution in [3.05, 3.63) is 29.9 Å². The Labute approximate surface area is 279 Å². The second kappa shape index (κ2) is 14.0. The fourth-order valence-electron chi connectivity index (χ4n) is 7.04. The van der Waals surface area contributed by atoms with E-state index in [4.69, 9.17) is 14.2 Å². The smallest absolute Gasteiger partial charge is 0.411 e. The molecule has 2 aromatic heterocycles. The summed E-state index contributed by atoms with van der Waals surface area (Å²) in [6, 6.07) is -0.884. The molecule has 47 heavy (non-hydrogen) atoms. The second-order valence-electron chi connectivity index (χ2n) is 13.3. The van der Waals surface area contributed by atoms with Gasteiger partial charge in [-0.1, -0.05) is 45.1 Å². The van der Waals surface area contributed by atoms with Crippen molar-refractivity contribution >= 4 is 42.8 Å². The molecule has 12 nitrogen and oxygen atoms in total. The maximum atomic E-state index is 16.1. The number of aromatic nitrogens is 4. The van der Waals surface area contributed by atoms with Crippen LogP contribution in [0.2, 0.25) is 5.82 Å². The molecule has 0 aromatic carbocycles. The van der Waals surface area contributed by atoms with Gasteiger partial charge in [-0.25, -0.2) is 23.6 Å². The molecule has 0 bridgehead atoms. The maximum Gasteiger partial charge on any atom is 0.411 e. The first kappa shape index (κ1) is 36.4. The standard InChI is InChI=1S/C32H45BFN5O7S/c1-9-22-32(7)25(39(29(43)46-32)14-11-10-13-38-17-21(36-37-38)27-35-12-15-47-27)19(3)23(40)18(2)16-30(5,44-8)24(33)20(4)26(41)31(6,34)28(42)45-22/h10-12,15,17-20,22,24-25H,9,13-14,16,33H2,1-8H3/b11-10+/t18-,19+,20-,22-,24-,25-,30-,31+,32-/m1/s1. The average molecular weight is 674 g/mol. The van der Waals surface area contributed by atoms with Crippen molar-refractivity contribution in [2.24, 2.45) is 17.8 Å². The molecule has 4 rings (SSSR count). The second-order valence-corrected chi connectivity index (χ2v) is 14.2. The quantitative estimate of drug-likeness (QED) is 0.184. The molecule has 0 radical (unpaired) electrons. The molecule has 0 spiro atoms. The number of thiazole rings is 1. The third-order valence-electron chi connectivity index (χ3n) is 10.2. The summed E-state index contributed by atoms with van der Waals surface area (Å²) in [7, 11) is 3.24. The number of carbonyl (C=O) groups is 4. The predicted octanol–water partition coefficient (Wildman–Crippen LogP) is 3.86. The zero-order valence-electron chi connectivity index (χ0n) is 28.6. The lowest BCUT2D eigenvalue weighted by Gasteiger charge is -2.43. The highest BCUT2D eigenvalue weighted by atomic mass is 32.1. The molecular weight excluding hydrogens is 628 g/mol. The van der Waals surface area contributed by atoms with Crippen molar-refractivity contribution in [2.75, 3.05) is 13.7 Å². The summed E-state index contributed by atoms with van der Waals surface area (Å²) in [5.74, 6) is -5.26. The third-order valence-corrected chi connectivity index (χ3v) is 11.0. The van der Waals surface area contributed by atoms with Crippen molar-refractivity contribution in [1.82, 2.24) is 24.9 Å². The number of Topliss-reactive ketones (excluding diaryl/α,β-unsaturated/α-hetero) is 2. The Morgan fingerprint density at radius 3 is 2.43 bits per heavy atom. The Bertz CT molecular complexity index is 1500. The Kier molecular flexibility index (Phi) is 10.8. The van der Waals surface area contributed by atoms with Crippen molar-refractivity contribution in [3.8, 4) is 10.7 Å². The number of carbonyl (C=O) groups excluding carboxylic acids is 4. The Balaban J connectivity index is 1.68. The lowest BCUT2D eigenvalue weighted by atomic mass is 9.61. The van der Waals surface area contributed by atoms with Crippen molar-refractivity contribution in [2.45, 2.75) is 103 Å². The molecule has 0 unspecified atom stereocenters. The highest BCUT2D eigenvalue weighted by Gasteiger charge is 2.61. The van der Waals surface area contributed by atoms with E-state index in [0.717, 1.165) is 11.9 Å². The van der Waals surface area contributed by atoms with E-state index in [0.29, 0.717) is 12.2 Å². The van der Waals surface area contributed by atoms with Crippen molar-refractivity contribution in [3.63, 3.8) is 0 Å². The SMILES string of the molecule is B[C@@H]1[C@@H](C)C(=O)[C@](C)(F)C(=O)O[C@H](CC)[C@@]2(C)OC(=O)N(C/C=C/Cn3cc(-c4nccs4)nn3)[C@@H]2[C@@H](C)C(=O)[C@H](C)C[C@@]1(C)OC. The van der Waals surface area contributed by atoms with Gasteiger partial charge in [0.05, 0.1) is 24.4 Å². The number of halogens is 1. The molecule has 256 valence electrons. The minimum absolute atomic E-state index is 0.0765. The van der Waals surface area contributed by atoms with Gasteiger partial charge >= 0.3 is 12.1 Å². The van der Waals surface area contributed by atoms with Gasteiger partial charge in [0.25, 0.3) is 5.67 Å². The number of hydrogen-bond donors (Lipinski definition) is 0. The number of nitrogens with zero attached hydrogens (tertiary/aromatic N) is 5. The van der Waals surface area contributed by atoms with E-state index in [1.54, 1.807) is 72.5 Å².